The molecule has 0 amide bonds. The molecule has 1 saturated carbocycles. The Hall–Kier alpha value is -1.58. The van der Waals surface area contributed by atoms with E-state index in [9.17, 15) is 9.59 Å². The number of ether oxygens (including phenoxy) is 2. The summed E-state index contributed by atoms with van der Waals surface area (Å²) in [6, 6.07) is 0. The molecule has 0 aromatic carbocycles. The van der Waals surface area contributed by atoms with Crippen LogP contribution in [-0.2, 0) is 19.1 Å². The number of allylic oxidation sites excluding steroid dienone is 3. The van der Waals surface area contributed by atoms with Gasteiger partial charge in [-0.25, -0.2) is 4.79 Å². The van der Waals surface area contributed by atoms with Gasteiger partial charge in [0.05, 0.1) is 19.6 Å². The minimum Gasteiger partial charge on any atom is -0.469 e. The molecule has 2 rings (SSSR count). The van der Waals surface area contributed by atoms with Crippen LogP contribution in [0.5, 0.6) is 0 Å². The Morgan fingerprint density at radius 1 is 1.23 bits per heavy atom. The van der Waals surface area contributed by atoms with Crippen molar-refractivity contribution >= 4 is 11.9 Å². The number of fused-ring (bicyclic) bond motifs is 1. The molecular formula is C22H34O4. The van der Waals surface area contributed by atoms with Crippen LogP contribution in [-0.4, -0.2) is 26.2 Å². The third-order valence-electron chi connectivity index (χ3n) is 7.06. The van der Waals surface area contributed by atoms with Crippen molar-refractivity contribution in [3.8, 4) is 0 Å². The van der Waals surface area contributed by atoms with Crippen molar-refractivity contribution in [3.63, 3.8) is 0 Å². The van der Waals surface area contributed by atoms with Gasteiger partial charge >= 0.3 is 11.9 Å². The predicted octanol–water partition coefficient (Wildman–Crippen LogP) is 4.84. The molecule has 4 atom stereocenters. The number of hydrogen-bond donors (Lipinski definition) is 0. The van der Waals surface area contributed by atoms with Gasteiger partial charge in [-0.3, -0.25) is 4.79 Å². The number of rotatable bonds is 5. The zero-order valence-corrected chi connectivity index (χ0v) is 17.2. The lowest BCUT2D eigenvalue weighted by Gasteiger charge is -2.53. The fourth-order valence-corrected chi connectivity index (χ4v) is 4.97. The largest absolute Gasteiger partial charge is 0.469 e. The van der Waals surface area contributed by atoms with Gasteiger partial charge in [0, 0.05) is 6.08 Å². The van der Waals surface area contributed by atoms with Crippen LogP contribution < -0.4 is 0 Å². The summed E-state index contributed by atoms with van der Waals surface area (Å²) in [6.07, 6.45) is 9.75. The summed E-state index contributed by atoms with van der Waals surface area (Å²) < 4.78 is 9.90. The van der Waals surface area contributed by atoms with Gasteiger partial charge in [-0.1, -0.05) is 31.1 Å². The zero-order valence-electron chi connectivity index (χ0n) is 17.2. The summed E-state index contributed by atoms with van der Waals surface area (Å²) in [4.78, 5) is 24.0. The average Bonchev–Trinajstić information content (AvgIpc) is 2.62. The average molecular weight is 363 g/mol. The molecule has 4 heteroatoms. The molecule has 0 N–H and O–H groups in total. The van der Waals surface area contributed by atoms with Crippen LogP contribution in [0.1, 0.15) is 66.2 Å². The maximum Gasteiger partial charge on any atom is 0.330 e. The summed E-state index contributed by atoms with van der Waals surface area (Å²) in [7, 11) is 2.90. The lowest BCUT2D eigenvalue weighted by molar-refractivity contribution is -0.156. The van der Waals surface area contributed by atoms with Gasteiger partial charge in [-0.2, -0.15) is 0 Å². The normalized spacial score (nSPS) is 34.5. The highest BCUT2D eigenvalue weighted by molar-refractivity contribution is 5.82. The minimum atomic E-state index is -0.420. The first-order valence-corrected chi connectivity index (χ1v) is 9.73. The van der Waals surface area contributed by atoms with E-state index < -0.39 is 5.41 Å². The molecule has 1 fully saturated rings. The Kier molecular flexibility index (Phi) is 6.36. The number of esters is 2. The molecule has 2 aliphatic carbocycles. The van der Waals surface area contributed by atoms with E-state index in [2.05, 4.69) is 26.8 Å². The second-order valence-electron chi connectivity index (χ2n) is 8.57. The van der Waals surface area contributed by atoms with Gasteiger partial charge in [-0.15, -0.1) is 0 Å². The van der Waals surface area contributed by atoms with Gasteiger partial charge in [0.2, 0.25) is 0 Å². The molecule has 0 radical (unpaired) electrons. The molecule has 0 aromatic rings. The van der Waals surface area contributed by atoms with E-state index >= 15 is 0 Å². The third kappa shape index (κ3) is 3.74. The van der Waals surface area contributed by atoms with Crippen molar-refractivity contribution < 1.29 is 19.1 Å². The first-order chi connectivity index (χ1) is 12.2. The smallest absolute Gasteiger partial charge is 0.330 e. The van der Waals surface area contributed by atoms with Crippen LogP contribution in [0.25, 0.3) is 0 Å². The Morgan fingerprint density at radius 3 is 2.54 bits per heavy atom. The van der Waals surface area contributed by atoms with E-state index in [1.807, 2.05) is 6.92 Å². The van der Waals surface area contributed by atoms with Crippen LogP contribution >= 0.6 is 0 Å². The SMILES string of the molecule is COC(=O)/C=C(/C)CC[C@]1(C)C2=CCC[C@](C)(C(=O)OC)[C@H]2CC[C@H]1C. The van der Waals surface area contributed by atoms with Crippen molar-refractivity contribution in [1.29, 1.82) is 0 Å². The highest BCUT2D eigenvalue weighted by atomic mass is 16.5. The molecule has 0 aromatic heterocycles. The van der Waals surface area contributed by atoms with E-state index in [4.69, 9.17) is 9.47 Å². The zero-order chi connectivity index (χ0) is 19.5. The van der Waals surface area contributed by atoms with Crippen LogP contribution in [0.2, 0.25) is 0 Å². The molecule has 0 saturated heterocycles. The topological polar surface area (TPSA) is 52.6 Å². The van der Waals surface area contributed by atoms with Crippen molar-refractivity contribution in [1.82, 2.24) is 0 Å². The molecule has 2 aliphatic rings. The van der Waals surface area contributed by atoms with Crippen molar-refractivity contribution in [2.75, 3.05) is 14.2 Å². The standard InChI is InChI=1S/C22H34O4/c1-15(14-19(23)25-5)11-13-21(3)16(2)9-10-18-17(21)8-7-12-22(18,4)20(24)26-6/h8,14,16,18H,7,9-13H2,1-6H3/b15-14-/t16-,18+,21+,22+/m1/s1. The first-order valence-electron chi connectivity index (χ1n) is 9.73. The molecular weight excluding hydrogens is 328 g/mol. The Balaban J connectivity index is 2.27. The molecule has 0 aliphatic heterocycles. The first kappa shape index (κ1) is 20.7. The Labute approximate surface area is 158 Å². The van der Waals surface area contributed by atoms with Crippen molar-refractivity contribution in [2.45, 2.75) is 66.2 Å². The van der Waals surface area contributed by atoms with E-state index in [1.165, 1.54) is 19.8 Å². The lowest BCUT2D eigenvalue weighted by atomic mass is 9.51. The lowest BCUT2D eigenvalue weighted by Crippen LogP contribution is -2.47. The molecule has 26 heavy (non-hydrogen) atoms. The molecule has 0 bridgehead atoms. The van der Waals surface area contributed by atoms with Crippen molar-refractivity contribution in [3.05, 3.63) is 23.3 Å². The molecule has 0 spiro atoms. The molecule has 4 nitrogen and oxygen atoms in total. The highest BCUT2D eigenvalue weighted by Crippen LogP contribution is 2.58. The van der Waals surface area contributed by atoms with Crippen LogP contribution in [0, 0.1) is 22.7 Å². The fraction of sp³-hybridized carbons (Fsp3) is 0.727. The van der Waals surface area contributed by atoms with Crippen LogP contribution in [0.3, 0.4) is 0 Å². The van der Waals surface area contributed by atoms with Gasteiger partial charge < -0.3 is 9.47 Å². The van der Waals surface area contributed by atoms with Crippen LogP contribution in [0.15, 0.2) is 23.3 Å². The number of hydrogen-bond acceptors (Lipinski definition) is 4. The second-order valence-corrected chi connectivity index (χ2v) is 8.57. The Bertz CT molecular complexity index is 618. The predicted molar refractivity (Wildman–Crippen MR) is 102 cm³/mol. The summed E-state index contributed by atoms with van der Waals surface area (Å²) in [5.74, 6) is 0.440. The minimum absolute atomic E-state index is 0.0455. The van der Waals surface area contributed by atoms with E-state index in [1.54, 1.807) is 6.08 Å². The number of methoxy groups -OCH3 is 2. The van der Waals surface area contributed by atoms with Gasteiger partial charge in [0.1, 0.15) is 0 Å². The summed E-state index contributed by atoms with van der Waals surface area (Å²) in [5.41, 5.74) is 2.10. The van der Waals surface area contributed by atoms with E-state index in [0.29, 0.717) is 5.92 Å². The summed E-state index contributed by atoms with van der Waals surface area (Å²) in [5, 5.41) is 0. The maximum atomic E-state index is 12.5. The Morgan fingerprint density at radius 2 is 1.92 bits per heavy atom. The quantitative estimate of drug-likeness (QED) is 0.399. The monoisotopic (exact) mass is 362 g/mol. The second kappa shape index (κ2) is 7.98. The molecule has 0 heterocycles. The third-order valence-corrected chi connectivity index (χ3v) is 7.06. The highest BCUT2D eigenvalue weighted by Gasteiger charge is 2.52. The molecule has 146 valence electrons. The summed E-state index contributed by atoms with van der Waals surface area (Å²) >= 11 is 0. The number of carbonyl (C=O) groups excluding carboxylic acids is 2. The van der Waals surface area contributed by atoms with Crippen LogP contribution in [0.4, 0.5) is 0 Å². The van der Waals surface area contributed by atoms with Gasteiger partial charge in [0.25, 0.3) is 0 Å². The maximum absolute atomic E-state index is 12.5. The van der Waals surface area contributed by atoms with Gasteiger partial charge in [-0.05, 0) is 69.6 Å². The van der Waals surface area contributed by atoms with Crippen molar-refractivity contribution in [2.24, 2.45) is 22.7 Å². The number of carbonyl (C=O) groups is 2. The van der Waals surface area contributed by atoms with E-state index in [-0.39, 0.29) is 23.3 Å². The van der Waals surface area contributed by atoms with Gasteiger partial charge in [0.15, 0.2) is 0 Å². The molecule has 0 unspecified atom stereocenters. The van der Waals surface area contributed by atoms with E-state index in [0.717, 1.165) is 44.1 Å². The fourth-order valence-electron chi connectivity index (χ4n) is 4.97. The summed E-state index contributed by atoms with van der Waals surface area (Å²) in [6.45, 7) is 8.72.